The van der Waals surface area contributed by atoms with Crippen LogP contribution in [-0.2, 0) is 9.53 Å². The molecule has 0 aliphatic rings. The lowest BCUT2D eigenvalue weighted by molar-refractivity contribution is -0.152. The molecule has 2 N–H and O–H groups in total. The van der Waals surface area contributed by atoms with Crippen LogP contribution in [0.5, 0.6) is 0 Å². The Morgan fingerprint density at radius 2 is 2.00 bits per heavy atom. The molecule has 0 unspecified atom stereocenters. The van der Waals surface area contributed by atoms with Gasteiger partial charge in [-0.1, -0.05) is 17.7 Å². The van der Waals surface area contributed by atoms with E-state index in [2.05, 4.69) is 4.74 Å². The Balaban J connectivity index is 0.00000289. The fourth-order valence-electron chi connectivity index (χ4n) is 1.68. The van der Waals surface area contributed by atoms with Crippen molar-refractivity contribution in [2.75, 3.05) is 7.11 Å². The monoisotopic (exact) mass is 275 g/mol. The smallest absolute Gasteiger partial charge is 0.313 e. The topological polar surface area (TPSA) is 52.3 Å². The maximum atomic E-state index is 13.7. The van der Waals surface area contributed by atoms with Crippen molar-refractivity contribution in [2.45, 2.75) is 26.8 Å². The van der Waals surface area contributed by atoms with Crippen molar-refractivity contribution in [3.63, 3.8) is 0 Å². The SMILES string of the molecule is COC(=O)C(C)(C)[C@H](N)c1cc(C)ccc1F.Cl. The number of nitrogens with two attached hydrogens (primary N) is 1. The van der Waals surface area contributed by atoms with Crippen molar-refractivity contribution in [1.82, 2.24) is 0 Å². The van der Waals surface area contributed by atoms with E-state index in [0.717, 1.165) is 5.56 Å². The van der Waals surface area contributed by atoms with Crippen LogP contribution in [-0.4, -0.2) is 13.1 Å². The van der Waals surface area contributed by atoms with Crippen LogP contribution in [0.3, 0.4) is 0 Å². The van der Waals surface area contributed by atoms with E-state index in [0.29, 0.717) is 5.56 Å². The number of hydrogen-bond donors (Lipinski definition) is 1. The van der Waals surface area contributed by atoms with E-state index in [1.165, 1.54) is 13.2 Å². The van der Waals surface area contributed by atoms with Crippen LogP contribution >= 0.6 is 12.4 Å². The van der Waals surface area contributed by atoms with E-state index in [1.807, 2.05) is 6.92 Å². The van der Waals surface area contributed by atoms with Crippen molar-refractivity contribution in [2.24, 2.45) is 11.1 Å². The van der Waals surface area contributed by atoms with Crippen LogP contribution in [0.25, 0.3) is 0 Å². The van der Waals surface area contributed by atoms with E-state index in [-0.39, 0.29) is 12.4 Å². The van der Waals surface area contributed by atoms with Gasteiger partial charge in [-0.3, -0.25) is 4.79 Å². The molecule has 102 valence electrons. The number of hydrogen-bond acceptors (Lipinski definition) is 3. The summed E-state index contributed by atoms with van der Waals surface area (Å²) in [6.07, 6.45) is 0. The zero-order chi connectivity index (χ0) is 13.2. The van der Waals surface area contributed by atoms with Gasteiger partial charge in [0.1, 0.15) is 5.82 Å². The largest absolute Gasteiger partial charge is 0.469 e. The highest BCUT2D eigenvalue weighted by Gasteiger charge is 2.37. The minimum absolute atomic E-state index is 0. The summed E-state index contributed by atoms with van der Waals surface area (Å²) in [6.45, 7) is 5.14. The van der Waals surface area contributed by atoms with Crippen LogP contribution in [0.15, 0.2) is 18.2 Å². The standard InChI is InChI=1S/C13H18FNO2.ClH/c1-8-5-6-10(14)9(7-8)11(15)13(2,3)12(16)17-4;/h5-7,11H,15H2,1-4H3;1H/t11-;/m1./s1. The highest BCUT2D eigenvalue weighted by Crippen LogP contribution is 2.34. The van der Waals surface area contributed by atoms with E-state index in [1.54, 1.807) is 26.0 Å². The number of benzene rings is 1. The van der Waals surface area contributed by atoms with E-state index in [9.17, 15) is 9.18 Å². The summed E-state index contributed by atoms with van der Waals surface area (Å²) in [4.78, 5) is 11.6. The molecule has 0 aromatic heterocycles. The third kappa shape index (κ3) is 3.21. The molecule has 18 heavy (non-hydrogen) atoms. The van der Waals surface area contributed by atoms with Crippen LogP contribution in [0.4, 0.5) is 4.39 Å². The third-order valence-electron chi connectivity index (χ3n) is 2.98. The highest BCUT2D eigenvalue weighted by molar-refractivity contribution is 5.85. The first kappa shape index (κ1) is 16.9. The van der Waals surface area contributed by atoms with Crippen LogP contribution in [0.1, 0.15) is 31.0 Å². The normalized spacial score (nSPS) is 12.6. The summed E-state index contributed by atoms with van der Waals surface area (Å²) in [5.74, 6) is -0.856. The number of carbonyl (C=O) groups excluding carboxylic acids is 1. The number of rotatable bonds is 3. The molecule has 1 rings (SSSR count). The first-order valence-electron chi connectivity index (χ1n) is 5.40. The molecule has 0 saturated carbocycles. The lowest BCUT2D eigenvalue weighted by atomic mass is 9.80. The first-order chi connectivity index (χ1) is 7.80. The fraction of sp³-hybridized carbons (Fsp3) is 0.462. The lowest BCUT2D eigenvalue weighted by Crippen LogP contribution is -2.37. The van der Waals surface area contributed by atoms with Gasteiger partial charge in [-0.05, 0) is 26.8 Å². The minimum atomic E-state index is -0.969. The number of esters is 1. The van der Waals surface area contributed by atoms with Gasteiger partial charge in [0.05, 0.1) is 12.5 Å². The second-order valence-corrected chi connectivity index (χ2v) is 4.72. The molecule has 1 atom stereocenters. The molecule has 0 radical (unpaired) electrons. The summed E-state index contributed by atoms with van der Waals surface area (Å²) >= 11 is 0. The van der Waals surface area contributed by atoms with Crippen molar-refractivity contribution in [3.05, 3.63) is 35.1 Å². The van der Waals surface area contributed by atoms with Gasteiger partial charge in [0, 0.05) is 11.6 Å². The summed E-state index contributed by atoms with van der Waals surface area (Å²) in [5.41, 5.74) is 6.24. The average molecular weight is 276 g/mol. The van der Waals surface area contributed by atoms with Gasteiger partial charge in [-0.15, -0.1) is 12.4 Å². The number of ether oxygens (including phenoxy) is 1. The maximum absolute atomic E-state index is 13.7. The van der Waals surface area contributed by atoms with Crippen molar-refractivity contribution in [3.8, 4) is 0 Å². The Labute approximate surface area is 113 Å². The molecule has 0 bridgehead atoms. The second-order valence-electron chi connectivity index (χ2n) is 4.72. The number of carbonyl (C=O) groups is 1. The molecular weight excluding hydrogens is 257 g/mol. The highest BCUT2D eigenvalue weighted by atomic mass is 35.5. The Kier molecular flexibility index (Phi) is 5.77. The molecule has 0 amide bonds. The average Bonchev–Trinajstić information content (AvgIpc) is 2.30. The second kappa shape index (κ2) is 6.16. The number of aryl methyl sites for hydroxylation is 1. The minimum Gasteiger partial charge on any atom is -0.469 e. The maximum Gasteiger partial charge on any atom is 0.313 e. The molecule has 0 saturated heterocycles. The van der Waals surface area contributed by atoms with Gasteiger partial charge in [0.2, 0.25) is 0 Å². The molecule has 0 aliphatic carbocycles. The zero-order valence-electron chi connectivity index (χ0n) is 11.0. The fourth-order valence-corrected chi connectivity index (χ4v) is 1.68. The molecule has 1 aromatic carbocycles. The van der Waals surface area contributed by atoms with Gasteiger partial charge in [0.15, 0.2) is 0 Å². The molecule has 5 heteroatoms. The summed E-state index contributed by atoms with van der Waals surface area (Å²) in [6, 6.07) is 3.94. The molecular formula is C13H19ClFNO2. The van der Waals surface area contributed by atoms with Crippen molar-refractivity contribution < 1.29 is 13.9 Å². The van der Waals surface area contributed by atoms with Crippen LogP contribution < -0.4 is 5.73 Å². The van der Waals surface area contributed by atoms with Gasteiger partial charge in [0.25, 0.3) is 0 Å². The van der Waals surface area contributed by atoms with Gasteiger partial charge in [-0.25, -0.2) is 4.39 Å². The summed E-state index contributed by atoms with van der Waals surface area (Å²) in [7, 11) is 1.30. The summed E-state index contributed by atoms with van der Waals surface area (Å²) in [5, 5.41) is 0. The molecule has 0 aliphatic heterocycles. The molecule has 0 fully saturated rings. The Morgan fingerprint density at radius 3 is 2.50 bits per heavy atom. The van der Waals surface area contributed by atoms with E-state index in [4.69, 9.17) is 5.73 Å². The quantitative estimate of drug-likeness (QED) is 0.863. The third-order valence-corrected chi connectivity index (χ3v) is 2.98. The van der Waals surface area contributed by atoms with Gasteiger partial charge >= 0.3 is 5.97 Å². The van der Waals surface area contributed by atoms with Gasteiger partial charge < -0.3 is 10.5 Å². The molecule has 3 nitrogen and oxygen atoms in total. The Hall–Kier alpha value is -1.13. The van der Waals surface area contributed by atoms with E-state index < -0.39 is 23.2 Å². The van der Waals surface area contributed by atoms with Crippen molar-refractivity contribution in [1.29, 1.82) is 0 Å². The Morgan fingerprint density at radius 1 is 1.44 bits per heavy atom. The van der Waals surface area contributed by atoms with Crippen molar-refractivity contribution >= 4 is 18.4 Å². The predicted octanol–water partition coefficient (Wildman–Crippen LogP) is 2.75. The van der Waals surface area contributed by atoms with Gasteiger partial charge in [-0.2, -0.15) is 0 Å². The molecule has 0 spiro atoms. The molecule has 1 aromatic rings. The summed E-state index contributed by atoms with van der Waals surface area (Å²) < 4.78 is 18.4. The molecule has 0 heterocycles. The van der Waals surface area contributed by atoms with Crippen LogP contribution in [0, 0.1) is 18.2 Å². The first-order valence-corrected chi connectivity index (χ1v) is 5.40. The predicted molar refractivity (Wildman–Crippen MR) is 71.1 cm³/mol. The number of methoxy groups -OCH3 is 1. The van der Waals surface area contributed by atoms with E-state index >= 15 is 0 Å². The lowest BCUT2D eigenvalue weighted by Gasteiger charge is -2.29. The number of halogens is 2. The van der Waals surface area contributed by atoms with Crippen LogP contribution in [0.2, 0.25) is 0 Å². The Bertz CT molecular complexity index is 435. The zero-order valence-corrected chi connectivity index (χ0v) is 11.8.